The Morgan fingerprint density at radius 1 is 0.938 bits per heavy atom. The highest BCUT2D eigenvalue weighted by atomic mass is 19.1. The Balaban J connectivity index is 1.13. The van der Waals surface area contributed by atoms with E-state index in [-0.39, 0.29) is 0 Å². The number of fused-ring (bicyclic) bond motifs is 1. The number of rotatable bonds is 6. The van der Waals surface area contributed by atoms with Gasteiger partial charge >= 0.3 is 0 Å². The molecule has 5 nitrogen and oxygen atoms in total. The minimum absolute atomic E-state index is 0.304. The van der Waals surface area contributed by atoms with Crippen LogP contribution in [0.4, 0.5) is 14.7 Å². The molecule has 0 aliphatic carbocycles. The molecule has 3 heterocycles. The molecular formula is C25H25F2N5. The summed E-state index contributed by atoms with van der Waals surface area (Å²) in [5.74, 6) is -0.555. The summed E-state index contributed by atoms with van der Waals surface area (Å²) in [5, 5.41) is 1.32. The third-order valence-corrected chi connectivity index (χ3v) is 6.13. The van der Waals surface area contributed by atoms with E-state index in [0.29, 0.717) is 17.1 Å². The van der Waals surface area contributed by atoms with E-state index in [2.05, 4.69) is 55.2 Å². The maximum atomic E-state index is 14.0. The first-order chi connectivity index (χ1) is 15.7. The molecule has 1 aliphatic heterocycles. The van der Waals surface area contributed by atoms with E-state index in [4.69, 9.17) is 0 Å². The number of H-pyrrole nitrogens is 1. The maximum Gasteiger partial charge on any atom is 0.225 e. The molecule has 2 aromatic carbocycles. The number of nitrogens with zero attached hydrogens (tertiary/aromatic N) is 4. The van der Waals surface area contributed by atoms with Crippen LogP contribution in [0.15, 0.2) is 61.1 Å². The molecule has 1 saturated heterocycles. The van der Waals surface area contributed by atoms with Crippen LogP contribution in [0.3, 0.4) is 0 Å². The largest absolute Gasteiger partial charge is 0.361 e. The molecule has 0 saturated carbocycles. The molecule has 1 N–H and O–H groups in total. The van der Waals surface area contributed by atoms with Crippen molar-refractivity contribution < 1.29 is 8.78 Å². The second-order valence-electron chi connectivity index (χ2n) is 8.19. The number of para-hydroxylation sites is 1. The van der Waals surface area contributed by atoms with Gasteiger partial charge in [0.25, 0.3) is 0 Å². The van der Waals surface area contributed by atoms with Crippen molar-refractivity contribution >= 4 is 16.9 Å². The smallest absolute Gasteiger partial charge is 0.225 e. The number of piperazine rings is 1. The van der Waals surface area contributed by atoms with Crippen molar-refractivity contribution in [2.75, 3.05) is 37.6 Å². The van der Waals surface area contributed by atoms with Gasteiger partial charge in [-0.25, -0.2) is 18.7 Å². The van der Waals surface area contributed by atoms with Crippen molar-refractivity contribution in [1.82, 2.24) is 19.9 Å². The van der Waals surface area contributed by atoms with Crippen LogP contribution in [0.25, 0.3) is 22.0 Å². The highest BCUT2D eigenvalue weighted by Crippen LogP contribution is 2.23. The molecule has 4 aromatic rings. The Bertz CT molecular complexity index is 1200. The van der Waals surface area contributed by atoms with Gasteiger partial charge in [0.15, 0.2) is 0 Å². The molecule has 0 unspecified atom stereocenters. The fourth-order valence-electron chi connectivity index (χ4n) is 4.35. The van der Waals surface area contributed by atoms with Crippen LogP contribution in [0.2, 0.25) is 0 Å². The number of nitrogens with one attached hydrogen (secondary N) is 1. The quantitative estimate of drug-likeness (QED) is 0.481. The van der Waals surface area contributed by atoms with Crippen molar-refractivity contribution in [3.8, 4) is 11.1 Å². The van der Waals surface area contributed by atoms with Crippen molar-refractivity contribution in [3.63, 3.8) is 0 Å². The lowest BCUT2D eigenvalue weighted by Gasteiger charge is -2.34. The summed E-state index contributed by atoms with van der Waals surface area (Å²) < 4.78 is 27.1. The third-order valence-electron chi connectivity index (χ3n) is 6.13. The molecule has 164 valence electrons. The fraction of sp³-hybridized carbons (Fsp3) is 0.280. The van der Waals surface area contributed by atoms with Gasteiger partial charge in [0, 0.05) is 72.9 Å². The van der Waals surface area contributed by atoms with Crippen LogP contribution in [0.5, 0.6) is 0 Å². The summed E-state index contributed by atoms with van der Waals surface area (Å²) in [4.78, 5) is 16.8. The number of hydrogen-bond donors (Lipinski definition) is 1. The van der Waals surface area contributed by atoms with Crippen LogP contribution in [-0.2, 0) is 6.42 Å². The molecule has 0 spiro atoms. The Morgan fingerprint density at radius 2 is 1.72 bits per heavy atom. The molecular weight excluding hydrogens is 408 g/mol. The third kappa shape index (κ3) is 4.34. The van der Waals surface area contributed by atoms with E-state index in [1.54, 1.807) is 12.4 Å². The van der Waals surface area contributed by atoms with Gasteiger partial charge in [-0.3, -0.25) is 4.90 Å². The summed E-state index contributed by atoms with van der Waals surface area (Å²) in [6.07, 6.45) is 7.52. The van der Waals surface area contributed by atoms with E-state index < -0.39 is 11.6 Å². The molecule has 1 fully saturated rings. The highest BCUT2D eigenvalue weighted by Gasteiger charge is 2.19. The van der Waals surface area contributed by atoms with Gasteiger partial charge in [0.2, 0.25) is 5.95 Å². The van der Waals surface area contributed by atoms with Crippen LogP contribution in [0, 0.1) is 11.6 Å². The number of aromatic nitrogens is 3. The van der Waals surface area contributed by atoms with Crippen LogP contribution in [0.1, 0.15) is 12.0 Å². The SMILES string of the molecule is Fc1ccc(-c2cnc(N3CCN(CCCc4c[nH]c5ccccc45)CC3)nc2)c(F)c1. The first kappa shape index (κ1) is 20.6. The van der Waals surface area contributed by atoms with Gasteiger partial charge in [-0.05, 0) is 43.1 Å². The highest BCUT2D eigenvalue weighted by molar-refractivity contribution is 5.83. The first-order valence-corrected chi connectivity index (χ1v) is 11.0. The lowest BCUT2D eigenvalue weighted by atomic mass is 10.1. The number of aryl methyl sites for hydroxylation is 1. The van der Waals surface area contributed by atoms with E-state index in [9.17, 15) is 8.78 Å². The number of benzene rings is 2. The second-order valence-corrected chi connectivity index (χ2v) is 8.19. The molecule has 2 aromatic heterocycles. The number of aromatic amines is 1. The first-order valence-electron chi connectivity index (χ1n) is 11.0. The Labute approximate surface area is 185 Å². The van der Waals surface area contributed by atoms with E-state index in [1.807, 2.05) is 0 Å². The van der Waals surface area contributed by atoms with Gasteiger partial charge in [-0.2, -0.15) is 0 Å². The molecule has 7 heteroatoms. The summed E-state index contributed by atoms with van der Waals surface area (Å²) >= 11 is 0. The molecule has 0 atom stereocenters. The molecule has 32 heavy (non-hydrogen) atoms. The summed E-state index contributed by atoms with van der Waals surface area (Å²) in [6.45, 7) is 4.71. The maximum absolute atomic E-state index is 14.0. The number of hydrogen-bond acceptors (Lipinski definition) is 4. The molecule has 0 radical (unpaired) electrons. The predicted octanol–water partition coefficient (Wildman–Crippen LogP) is 4.66. The van der Waals surface area contributed by atoms with Gasteiger partial charge in [-0.1, -0.05) is 18.2 Å². The van der Waals surface area contributed by atoms with Crippen LogP contribution in [-0.4, -0.2) is 52.6 Å². The zero-order valence-electron chi connectivity index (χ0n) is 17.8. The second kappa shape index (κ2) is 9.04. The summed E-state index contributed by atoms with van der Waals surface area (Å²) in [5.41, 5.74) is 3.43. The Hall–Kier alpha value is -3.32. The standard InChI is InChI=1S/C25H25F2N5/c26-20-7-8-21(23(27)14-20)19-16-29-25(30-17-19)32-12-10-31(11-13-32)9-3-4-18-15-28-24-6-2-1-5-22(18)24/h1-2,5-8,14-17,28H,3-4,9-13H2. The minimum atomic E-state index is -0.609. The Kier molecular flexibility index (Phi) is 5.81. The topological polar surface area (TPSA) is 48.1 Å². The molecule has 0 amide bonds. The number of anilines is 1. The minimum Gasteiger partial charge on any atom is -0.361 e. The van der Waals surface area contributed by atoms with Crippen LogP contribution < -0.4 is 4.90 Å². The number of halogens is 2. The van der Waals surface area contributed by atoms with E-state index in [1.165, 1.54) is 28.6 Å². The average molecular weight is 434 g/mol. The van der Waals surface area contributed by atoms with Crippen molar-refractivity contribution in [3.05, 3.63) is 78.3 Å². The summed E-state index contributed by atoms with van der Waals surface area (Å²) in [7, 11) is 0. The van der Waals surface area contributed by atoms with Gasteiger partial charge in [-0.15, -0.1) is 0 Å². The van der Waals surface area contributed by atoms with E-state index >= 15 is 0 Å². The lowest BCUT2D eigenvalue weighted by Crippen LogP contribution is -2.47. The van der Waals surface area contributed by atoms with Crippen molar-refractivity contribution in [1.29, 1.82) is 0 Å². The molecule has 1 aliphatic rings. The molecule has 5 rings (SSSR count). The predicted molar refractivity (Wildman–Crippen MR) is 123 cm³/mol. The lowest BCUT2D eigenvalue weighted by molar-refractivity contribution is 0.254. The van der Waals surface area contributed by atoms with Crippen molar-refractivity contribution in [2.45, 2.75) is 12.8 Å². The average Bonchev–Trinajstić information content (AvgIpc) is 3.23. The zero-order valence-corrected chi connectivity index (χ0v) is 17.8. The van der Waals surface area contributed by atoms with E-state index in [0.717, 1.165) is 51.6 Å². The molecule has 0 bridgehead atoms. The Morgan fingerprint density at radius 3 is 2.50 bits per heavy atom. The van der Waals surface area contributed by atoms with Gasteiger partial charge in [0.05, 0.1) is 0 Å². The van der Waals surface area contributed by atoms with Crippen molar-refractivity contribution in [2.24, 2.45) is 0 Å². The van der Waals surface area contributed by atoms with Gasteiger partial charge < -0.3 is 9.88 Å². The summed E-state index contributed by atoms with van der Waals surface area (Å²) in [6, 6.07) is 12.0. The normalized spacial score (nSPS) is 14.9. The monoisotopic (exact) mass is 433 g/mol. The van der Waals surface area contributed by atoms with Crippen LogP contribution >= 0.6 is 0 Å². The zero-order chi connectivity index (χ0) is 21.9. The van der Waals surface area contributed by atoms with Gasteiger partial charge in [0.1, 0.15) is 11.6 Å². The fourth-order valence-corrected chi connectivity index (χ4v) is 4.35.